The first kappa shape index (κ1) is 22.3. The minimum Gasteiger partial charge on any atom is -0.387 e. The Labute approximate surface area is 184 Å². The van der Waals surface area contributed by atoms with Crippen molar-refractivity contribution in [1.82, 2.24) is 19.9 Å². The van der Waals surface area contributed by atoms with Gasteiger partial charge in [0.25, 0.3) is 0 Å². The van der Waals surface area contributed by atoms with E-state index in [2.05, 4.69) is 15.0 Å². The Hall–Kier alpha value is -2.95. The molecule has 1 aromatic carbocycles. The van der Waals surface area contributed by atoms with Gasteiger partial charge in [0.05, 0.1) is 23.0 Å². The normalized spacial score (nSPS) is 16.5. The summed E-state index contributed by atoms with van der Waals surface area (Å²) >= 11 is 0. The zero-order chi connectivity index (χ0) is 23.0. The second-order valence-corrected chi connectivity index (χ2v) is 8.59. The summed E-state index contributed by atoms with van der Waals surface area (Å²) in [5, 5.41) is 20.3. The van der Waals surface area contributed by atoms with Crippen LogP contribution < -0.4 is 10.6 Å². The summed E-state index contributed by atoms with van der Waals surface area (Å²) in [4.78, 5) is 17.3. The predicted molar refractivity (Wildman–Crippen MR) is 117 cm³/mol. The summed E-state index contributed by atoms with van der Waals surface area (Å²) in [6.07, 6.45) is 0.323. The molecule has 170 valence electrons. The van der Waals surface area contributed by atoms with Crippen LogP contribution in [0.25, 0.3) is 11.0 Å². The highest BCUT2D eigenvalue weighted by Crippen LogP contribution is 2.28. The topological polar surface area (TPSA) is 112 Å². The Morgan fingerprint density at radius 3 is 2.50 bits per heavy atom. The Morgan fingerprint density at radius 1 is 1.09 bits per heavy atom. The average molecular weight is 444 g/mol. The maximum Gasteiger partial charge on any atom is 0.172 e. The standard InChI is InChI=1S/C22H26F2N6O2/c1-22(2,32)19(31)17-10-16-18(11-26-17)28-21(20(25)27-16)30-7-5-29(6-8-30)12-13-9-14(23)3-4-15(13)24/h3-4,9-11,19,31-32H,5-8,12H2,1-2H3,(H2,25,27). The molecule has 0 radical (unpaired) electrons. The highest BCUT2D eigenvalue weighted by atomic mass is 19.1. The quantitative estimate of drug-likeness (QED) is 0.548. The average Bonchev–Trinajstić information content (AvgIpc) is 2.75. The van der Waals surface area contributed by atoms with Crippen molar-refractivity contribution >= 4 is 22.7 Å². The SMILES string of the molecule is CC(C)(O)C(O)c1cc2nc(N)c(N3CCN(Cc4cc(F)ccc4F)CC3)nc2cn1. The predicted octanol–water partition coefficient (Wildman–Crippen LogP) is 2.01. The number of halogens is 2. The van der Waals surface area contributed by atoms with Crippen LogP contribution in [0.5, 0.6) is 0 Å². The maximum atomic E-state index is 13.9. The van der Waals surface area contributed by atoms with Gasteiger partial charge in [-0.15, -0.1) is 0 Å². The summed E-state index contributed by atoms with van der Waals surface area (Å²) in [5.74, 6) is -0.0881. The van der Waals surface area contributed by atoms with Crippen molar-refractivity contribution in [1.29, 1.82) is 0 Å². The number of hydrogen-bond donors (Lipinski definition) is 3. The van der Waals surface area contributed by atoms with E-state index in [0.717, 1.165) is 12.1 Å². The highest BCUT2D eigenvalue weighted by molar-refractivity contribution is 5.79. The van der Waals surface area contributed by atoms with Gasteiger partial charge in [0.15, 0.2) is 11.6 Å². The van der Waals surface area contributed by atoms with Gasteiger partial charge in [-0.05, 0) is 38.1 Å². The van der Waals surface area contributed by atoms with Gasteiger partial charge < -0.3 is 20.8 Å². The number of aromatic nitrogens is 3. The van der Waals surface area contributed by atoms with Crippen LogP contribution in [0, 0.1) is 11.6 Å². The Morgan fingerprint density at radius 2 is 1.81 bits per heavy atom. The van der Waals surface area contributed by atoms with Crippen molar-refractivity contribution in [3.63, 3.8) is 0 Å². The number of pyridine rings is 1. The van der Waals surface area contributed by atoms with Crippen molar-refractivity contribution < 1.29 is 19.0 Å². The van der Waals surface area contributed by atoms with Crippen LogP contribution >= 0.6 is 0 Å². The molecule has 1 aliphatic heterocycles. The number of aliphatic hydroxyl groups is 2. The lowest BCUT2D eigenvalue weighted by Crippen LogP contribution is -2.46. The van der Waals surface area contributed by atoms with Crippen LogP contribution in [-0.4, -0.2) is 61.8 Å². The molecular weight excluding hydrogens is 418 g/mol. The smallest absolute Gasteiger partial charge is 0.172 e. The molecule has 0 saturated carbocycles. The van der Waals surface area contributed by atoms with E-state index in [0.29, 0.717) is 55.1 Å². The number of anilines is 2. The second kappa shape index (κ2) is 8.53. The fourth-order valence-corrected chi connectivity index (χ4v) is 3.75. The van der Waals surface area contributed by atoms with Crippen molar-refractivity contribution in [2.45, 2.75) is 32.1 Å². The second-order valence-electron chi connectivity index (χ2n) is 8.59. The fourth-order valence-electron chi connectivity index (χ4n) is 3.75. The Balaban J connectivity index is 1.48. The van der Waals surface area contributed by atoms with Crippen molar-refractivity contribution in [3.8, 4) is 0 Å². The molecule has 1 aliphatic rings. The van der Waals surface area contributed by atoms with Crippen molar-refractivity contribution in [2.24, 2.45) is 0 Å². The molecule has 3 aromatic rings. The lowest BCUT2D eigenvalue weighted by molar-refractivity contribution is -0.0516. The molecule has 1 fully saturated rings. The van der Waals surface area contributed by atoms with Crippen molar-refractivity contribution in [2.75, 3.05) is 36.8 Å². The maximum absolute atomic E-state index is 13.9. The molecule has 8 nitrogen and oxygen atoms in total. The van der Waals surface area contributed by atoms with Crippen LogP contribution in [0.2, 0.25) is 0 Å². The lowest BCUT2D eigenvalue weighted by atomic mass is 9.98. The fraction of sp³-hybridized carbons (Fsp3) is 0.409. The molecule has 4 rings (SSSR count). The van der Waals surface area contributed by atoms with Crippen LogP contribution in [0.1, 0.15) is 31.2 Å². The van der Waals surface area contributed by atoms with E-state index in [-0.39, 0.29) is 11.5 Å². The molecule has 1 saturated heterocycles. The van der Waals surface area contributed by atoms with Gasteiger partial charge in [-0.2, -0.15) is 0 Å². The third-order valence-electron chi connectivity index (χ3n) is 5.60. The van der Waals surface area contributed by atoms with Crippen LogP contribution in [0.4, 0.5) is 20.4 Å². The van der Waals surface area contributed by atoms with Crippen LogP contribution in [0.15, 0.2) is 30.5 Å². The van der Waals surface area contributed by atoms with E-state index in [9.17, 15) is 19.0 Å². The summed E-state index contributed by atoms with van der Waals surface area (Å²) < 4.78 is 27.4. The minimum absolute atomic E-state index is 0.247. The molecule has 10 heteroatoms. The van der Waals surface area contributed by atoms with E-state index in [1.54, 1.807) is 6.07 Å². The van der Waals surface area contributed by atoms with Gasteiger partial charge >= 0.3 is 0 Å². The zero-order valence-electron chi connectivity index (χ0n) is 18.0. The zero-order valence-corrected chi connectivity index (χ0v) is 18.0. The van der Waals surface area contributed by atoms with Gasteiger partial charge in [0.1, 0.15) is 23.3 Å². The molecule has 1 unspecified atom stereocenters. The van der Waals surface area contributed by atoms with Gasteiger partial charge in [-0.1, -0.05) is 0 Å². The molecule has 0 bridgehead atoms. The van der Waals surface area contributed by atoms with Crippen molar-refractivity contribution in [3.05, 3.63) is 53.4 Å². The molecule has 3 heterocycles. The number of nitrogens with two attached hydrogens (primary N) is 1. The lowest BCUT2D eigenvalue weighted by Gasteiger charge is -2.35. The third kappa shape index (κ3) is 4.62. The number of aliphatic hydroxyl groups excluding tert-OH is 1. The van der Waals surface area contributed by atoms with Gasteiger partial charge in [-0.3, -0.25) is 9.88 Å². The number of piperazine rings is 1. The van der Waals surface area contributed by atoms with E-state index < -0.39 is 23.3 Å². The molecule has 4 N–H and O–H groups in total. The third-order valence-corrected chi connectivity index (χ3v) is 5.60. The minimum atomic E-state index is -1.35. The van der Waals surface area contributed by atoms with Crippen LogP contribution in [0.3, 0.4) is 0 Å². The van der Waals surface area contributed by atoms with E-state index in [1.807, 2.05) is 9.80 Å². The largest absolute Gasteiger partial charge is 0.387 e. The monoisotopic (exact) mass is 444 g/mol. The van der Waals surface area contributed by atoms with Crippen LogP contribution in [-0.2, 0) is 6.54 Å². The number of nitrogen functional groups attached to an aromatic ring is 1. The molecule has 0 spiro atoms. The summed E-state index contributed by atoms with van der Waals surface area (Å²) in [6, 6.07) is 5.05. The van der Waals surface area contributed by atoms with Gasteiger partial charge in [0, 0.05) is 38.3 Å². The van der Waals surface area contributed by atoms with Gasteiger partial charge in [-0.25, -0.2) is 18.7 Å². The molecule has 32 heavy (non-hydrogen) atoms. The molecule has 0 aliphatic carbocycles. The molecule has 0 amide bonds. The molecule has 1 atom stereocenters. The van der Waals surface area contributed by atoms with E-state index in [1.165, 1.54) is 26.1 Å². The first-order valence-electron chi connectivity index (χ1n) is 10.4. The molecular formula is C22H26F2N6O2. The first-order chi connectivity index (χ1) is 15.1. The van der Waals surface area contributed by atoms with E-state index in [4.69, 9.17) is 5.73 Å². The Bertz CT molecular complexity index is 1130. The van der Waals surface area contributed by atoms with Gasteiger partial charge in [0.2, 0.25) is 0 Å². The number of nitrogens with zero attached hydrogens (tertiary/aromatic N) is 5. The number of benzene rings is 1. The number of hydrogen-bond acceptors (Lipinski definition) is 8. The highest BCUT2D eigenvalue weighted by Gasteiger charge is 2.28. The summed E-state index contributed by atoms with van der Waals surface area (Å²) in [6.45, 7) is 5.78. The molecule has 2 aromatic heterocycles. The summed E-state index contributed by atoms with van der Waals surface area (Å²) in [7, 11) is 0. The first-order valence-corrected chi connectivity index (χ1v) is 10.4. The number of rotatable bonds is 5. The number of fused-ring (bicyclic) bond motifs is 1. The van der Waals surface area contributed by atoms with E-state index >= 15 is 0 Å². The summed E-state index contributed by atoms with van der Waals surface area (Å²) in [5.41, 5.74) is 6.42. The Kier molecular flexibility index (Phi) is 5.93.